The van der Waals surface area contributed by atoms with E-state index in [4.69, 9.17) is 0 Å². The minimum absolute atomic E-state index is 0.0728. The molecule has 1 N–H and O–H groups in total. The van der Waals surface area contributed by atoms with E-state index >= 15 is 0 Å². The molecule has 21 heavy (non-hydrogen) atoms. The van der Waals surface area contributed by atoms with Crippen molar-refractivity contribution in [3.63, 3.8) is 0 Å². The van der Waals surface area contributed by atoms with Crippen molar-refractivity contribution in [1.29, 1.82) is 0 Å². The quantitative estimate of drug-likeness (QED) is 0.926. The fourth-order valence-corrected chi connectivity index (χ4v) is 4.36. The molecule has 1 atom stereocenters. The third-order valence-electron chi connectivity index (χ3n) is 3.95. The number of aryl methyl sites for hydroxylation is 1. The Balaban J connectivity index is 2.40. The summed E-state index contributed by atoms with van der Waals surface area (Å²) in [6.45, 7) is 4.89. The third kappa shape index (κ3) is 3.27. The van der Waals surface area contributed by atoms with Gasteiger partial charge in [0.15, 0.2) is 0 Å². The molecule has 1 fully saturated rings. The van der Waals surface area contributed by atoms with Gasteiger partial charge in [0.1, 0.15) is 0 Å². The van der Waals surface area contributed by atoms with Gasteiger partial charge in [-0.25, -0.2) is 13.2 Å². The number of carboxylic acids is 1. The molecule has 0 spiro atoms. The van der Waals surface area contributed by atoms with Crippen LogP contribution in [0.3, 0.4) is 0 Å². The number of hydrogen-bond donors (Lipinski definition) is 1. The van der Waals surface area contributed by atoms with Crippen LogP contribution in [0, 0.1) is 5.92 Å². The lowest BCUT2D eigenvalue weighted by Gasteiger charge is -2.30. The lowest BCUT2D eigenvalue weighted by atomic mass is 10.0. The molecule has 1 aliphatic rings. The first-order valence-corrected chi connectivity index (χ1v) is 8.66. The Bertz CT molecular complexity index is 639. The molecule has 1 heterocycles. The Morgan fingerprint density at radius 2 is 2.14 bits per heavy atom. The van der Waals surface area contributed by atoms with Gasteiger partial charge in [0.25, 0.3) is 0 Å². The Kier molecular flexibility index (Phi) is 4.68. The van der Waals surface area contributed by atoms with E-state index in [1.54, 1.807) is 6.07 Å². The van der Waals surface area contributed by atoms with Crippen LogP contribution in [-0.4, -0.2) is 36.9 Å². The third-order valence-corrected chi connectivity index (χ3v) is 5.81. The fourth-order valence-electron chi connectivity index (χ4n) is 2.74. The minimum Gasteiger partial charge on any atom is -0.478 e. The number of carboxylic acid groups (broad SMARTS) is 1. The summed E-state index contributed by atoms with van der Waals surface area (Å²) in [7, 11) is -3.61. The van der Waals surface area contributed by atoms with E-state index in [9.17, 15) is 18.3 Å². The summed E-state index contributed by atoms with van der Waals surface area (Å²) >= 11 is 0. The van der Waals surface area contributed by atoms with Crippen LogP contribution in [0.2, 0.25) is 0 Å². The maximum atomic E-state index is 12.6. The van der Waals surface area contributed by atoms with Gasteiger partial charge >= 0.3 is 5.97 Å². The maximum Gasteiger partial charge on any atom is 0.336 e. The van der Waals surface area contributed by atoms with Crippen molar-refractivity contribution in [1.82, 2.24) is 4.31 Å². The monoisotopic (exact) mass is 311 g/mol. The molecule has 116 valence electrons. The van der Waals surface area contributed by atoms with E-state index in [0.717, 1.165) is 12.8 Å². The van der Waals surface area contributed by atoms with Crippen LogP contribution in [0.5, 0.6) is 0 Å². The summed E-state index contributed by atoms with van der Waals surface area (Å²) in [5.74, 6) is -0.752. The standard InChI is InChI=1S/C15H21NO4S/c1-3-12-6-7-13(9-14(12)15(17)18)21(19,20)16-8-4-5-11(2)10-16/h6-7,9,11H,3-5,8,10H2,1-2H3,(H,17,18). The second-order valence-electron chi connectivity index (χ2n) is 5.59. The summed E-state index contributed by atoms with van der Waals surface area (Å²) in [6, 6.07) is 4.40. The van der Waals surface area contributed by atoms with E-state index in [-0.39, 0.29) is 10.5 Å². The Morgan fingerprint density at radius 3 is 2.71 bits per heavy atom. The molecule has 1 aliphatic heterocycles. The molecule has 1 saturated heterocycles. The number of hydrogen-bond acceptors (Lipinski definition) is 3. The average molecular weight is 311 g/mol. The lowest BCUT2D eigenvalue weighted by Crippen LogP contribution is -2.39. The molecular weight excluding hydrogens is 290 g/mol. The van der Waals surface area contributed by atoms with Crippen LogP contribution in [-0.2, 0) is 16.4 Å². The van der Waals surface area contributed by atoms with Crippen molar-refractivity contribution in [2.24, 2.45) is 5.92 Å². The molecule has 2 rings (SSSR count). The van der Waals surface area contributed by atoms with E-state index < -0.39 is 16.0 Å². The van der Waals surface area contributed by atoms with Gasteiger partial charge in [-0.05, 0) is 42.9 Å². The molecule has 0 radical (unpaired) electrons. The van der Waals surface area contributed by atoms with Gasteiger partial charge in [-0.2, -0.15) is 4.31 Å². The second kappa shape index (κ2) is 6.15. The molecule has 0 amide bonds. The van der Waals surface area contributed by atoms with Crippen LogP contribution < -0.4 is 0 Å². The number of benzene rings is 1. The van der Waals surface area contributed by atoms with Gasteiger partial charge in [-0.15, -0.1) is 0 Å². The molecule has 0 aromatic heterocycles. The summed E-state index contributed by atoms with van der Waals surface area (Å²) in [5, 5.41) is 9.23. The SMILES string of the molecule is CCc1ccc(S(=O)(=O)N2CCCC(C)C2)cc1C(=O)O. The zero-order valence-corrected chi connectivity index (χ0v) is 13.2. The largest absolute Gasteiger partial charge is 0.478 e. The number of nitrogens with zero attached hydrogens (tertiary/aromatic N) is 1. The predicted molar refractivity (Wildman–Crippen MR) is 79.9 cm³/mol. The Hall–Kier alpha value is -1.40. The highest BCUT2D eigenvalue weighted by Crippen LogP contribution is 2.25. The zero-order valence-electron chi connectivity index (χ0n) is 12.4. The molecule has 0 saturated carbocycles. The highest BCUT2D eigenvalue weighted by molar-refractivity contribution is 7.89. The van der Waals surface area contributed by atoms with Crippen molar-refractivity contribution in [3.8, 4) is 0 Å². The van der Waals surface area contributed by atoms with Crippen LogP contribution in [0.15, 0.2) is 23.1 Å². The van der Waals surface area contributed by atoms with Gasteiger partial charge in [0, 0.05) is 13.1 Å². The van der Waals surface area contributed by atoms with Crippen LogP contribution in [0.4, 0.5) is 0 Å². The second-order valence-corrected chi connectivity index (χ2v) is 7.53. The van der Waals surface area contributed by atoms with E-state index in [1.165, 1.54) is 16.4 Å². The fraction of sp³-hybridized carbons (Fsp3) is 0.533. The maximum absolute atomic E-state index is 12.6. The molecule has 0 bridgehead atoms. The van der Waals surface area contributed by atoms with Crippen LogP contribution in [0.1, 0.15) is 42.6 Å². The smallest absolute Gasteiger partial charge is 0.336 e. The molecule has 6 heteroatoms. The first-order valence-electron chi connectivity index (χ1n) is 7.22. The van der Waals surface area contributed by atoms with Crippen LogP contribution in [0.25, 0.3) is 0 Å². The highest BCUT2D eigenvalue weighted by Gasteiger charge is 2.29. The molecule has 1 aromatic rings. The van der Waals surface area contributed by atoms with Gasteiger partial charge in [-0.1, -0.05) is 19.9 Å². The first kappa shape index (κ1) is 16.0. The van der Waals surface area contributed by atoms with Crippen molar-refractivity contribution >= 4 is 16.0 Å². The molecule has 1 unspecified atom stereocenters. The number of piperidine rings is 1. The summed E-state index contributed by atoms with van der Waals surface area (Å²) in [6.07, 6.45) is 2.43. The van der Waals surface area contributed by atoms with Crippen molar-refractivity contribution in [3.05, 3.63) is 29.3 Å². The van der Waals surface area contributed by atoms with Gasteiger partial charge in [0.05, 0.1) is 10.5 Å². The minimum atomic E-state index is -3.61. The van der Waals surface area contributed by atoms with Crippen molar-refractivity contribution in [2.45, 2.75) is 38.0 Å². The highest BCUT2D eigenvalue weighted by atomic mass is 32.2. The number of aromatic carboxylic acids is 1. The number of sulfonamides is 1. The van der Waals surface area contributed by atoms with E-state index in [1.807, 2.05) is 13.8 Å². The molecular formula is C15H21NO4S. The number of rotatable bonds is 4. The molecule has 0 aliphatic carbocycles. The zero-order chi connectivity index (χ0) is 15.6. The summed E-state index contributed by atoms with van der Waals surface area (Å²) < 4.78 is 26.7. The summed E-state index contributed by atoms with van der Waals surface area (Å²) in [4.78, 5) is 11.4. The average Bonchev–Trinajstić information content (AvgIpc) is 2.46. The molecule has 1 aromatic carbocycles. The van der Waals surface area contributed by atoms with Crippen molar-refractivity contribution < 1.29 is 18.3 Å². The van der Waals surface area contributed by atoms with Crippen LogP contribution >= 0.6 is 0 Å². The van der Waals surface area contributed by atoms with E-state index in [0.29, 0.717) is 31.0 Å². The van der Waals surface area contributed by atoms with E-state index in [2.05, 4.69) is 0 Å². The normalized spacial score (nSPS) is 20.4. The molecule has 5 nitrogen and oxygen atoms in total. The van der Waals surface area contributed by atoms with Gasteiger partial charge in [-0.3, -0.25) is 0 Å². The number of carbonyl (C=O) groups is 1. The van der Waals surface area contributed by atoms with Crippen molar-refractivity contribution in [2.75, 3.05) is 13.1 Å². The summed E-state index contributed by atoms with van der Waals surface area (Å²) in [5.41, 5.74) is 0.720. The van der Waals surface area contributed by atoms with Gasteiger partial charge < -0.3 is 5.11 Å². The van der Waals surface area contributed by atoms with Gasteiger partial charge in [0.2, 0.25) is 10.0 Å². The topological polar surface area (TPSA) is 74.7 Å². The predicted octanol–water partition coefficient (Wildman–Crippen LogP) is 2.37. The Morgan fingerprint density at radius 1 is 1.43 bits per heavy atom. The first-order chi connectivity index (χ1) is 9.86. The Labute approximate surface area is 125 Å². The lowest BCUT2D eigenvalue weighted by molar-refractivity contribution is 0.0695.